The molecule has 0 saturated carbocycles. The predicted octanol–water partition coefficient (Wildman–Crippen LogP) is 3.24. The molecule has 1 aromatic rings. The Hall–Kier alpha value is -1.26. The van der Waals surface area contributed by atoms with Gasteiger partial charge in [0.2, 0.25) is 11.8 Å². The van der Waals surface area contributed by atoms with Crippen molar-refractivity contribution in [3.63, 3.8) is 0 Å². The molecule has 0 radical (unpaired) electrons. The first-order chi connectivity index (χ1) is 7.26. The van der Waals surface area contributed by atoms with Crippen LogP contribution in [-0.4, -0.2) is 10.6 Å². The van der Waals surface area contributed by atoms with E-state index in [4.69, 9.17) is 4.74 Å². The maximum atomic E-state index is 13.4. The van der Waals surface area contributed by atoms with Crippen molar-refractivity contribution in [3.8, 4) is 5.75 Å². The molecule has 2 nitrogen and oxygen atoms in total. The van der Waals surface area contributed by atoms with E-state index >= 15 is 0 Å². The van der Waals surface area contributed by atoms with Gasteiger partial charge in [0.1, 0.15) is 5.60 Å². The van der Waals surface area contributed by atoms with Crippen molar-refractivity contribution in [2.24, 2.45) is 0 Å². The Morgan fingerprint density at radius 2 is 1.69 bits per heavy atom. The monoisotopic (exact) mass is 233 g/mol. The van der Waals surface area contributed by atoms with Gasteiger partial charge in [-0.15, -0.1) is 0 Å². The van der Waals surface area contributed by atoms with E-state index in [9.17, 15) is 13.2 Å². The number of nitrogens with zero attached hydrogens (tertiary/aromatic N) is 1. The molecular formula is C11H14F3NO. The summed E-state index contributed by atoms with van der Waals surface area (Å²) < 4.78 is 44.8. The van der Waals surface area contributed by atoms with Gasteiger partial charge in [-0.3, -0.25) is 0 Å². The summed E-state index contributed by atoms with van der Waals surface area (Å²) in [5.41, 5.74) is -0.779. The van der Waals surface area contributed by atoms with E-state index in [1.54, 1.807) is 27.7 Å². The van der Waals surface area contributed by atoms with Crippen LogP contribution in [0.2, 0.25) is 0 Å². The van der Waals surface area contributed by atoms with Crippen molar-refractivity contribution in [2.45, 2.75) is 39.7 Å². The number of aromatic nitrogens is 1. The molecule has 0 N–H and O–H groups in total. The van der Waals surface area contributed by atoms with Gasteiger partial charge in [-0.25, -0.2) is 0 Å². The van der Waals surface area contributed by atoms with Gasteiger partial charge in [0.05, 0.1) is 5.56 Å². The van der Waals surface area contributed by atoms with Gasteiger partial charge in [0.25, 0.3) is 5.95 Å². The summed E-state index contributed by atoms with van der Waals surface area (Å²) >= 11 is 0. The lowest BCUT2D eigenvalue weighted by Gasteiger charge is -2.23. The first-order valence-electron chi connectivity index (χ1n) is 4.98. The molecule has 0 aliphatic carbocycles. The van der Waals surface area contributed by atoms with Gasteiger partial charge < -0.3 is 4.74 Å². The highest BCUT2D eigenvalue weighted by Gasteiger charge is 2.24. The summed E-state index contributed by atoms with van der Waals surface area (Å²) in [6.07, 6.45) is 0.182. The van der Waals surface area contributed by atoms with Crippen LogP contribution in [0.5, 0.6) is 5.75 Å². The molecule has 0 bridgehead atoms. The van der Waals surface area contributed by atoms with Crippen LogP contribution in [-0.2, 0) is 6.42 Å². The molecule has 0 saturated heterocycles. The largest absolute Gasteiger partial charge is 0.484 e. The topological polar surface area (TPSA) is 22.1 Å². The predicted molar refractivity (Wildman–Crippen MR) is 53.9 cm³/mol. The smallest absolute Gasteiger partial charge is 0.255 e. The summed E-state index contributed by atoms with van der Waals surface area (Å²) in [4.78, 5) is 2.85. The van der Waals surface area contributed by atoms with Crippen LogP contribution in [0.4, 0.5) is 13.2 Å². The molecule has 0 atom stereocenters. The van der Waals surface area contributed by atoms with Crippen LogP contribution in [0.1, 0.15) is 33.3 Å². The van der Waals surface area contributed by atoms with E-state index in [1.165, 1.54) is 0 Å². The highest BCUT2D eigenvalue weighted by molar-refractivity contribution is 5.34. The van der Waals surface area contributed by atoms with E-state index in [2.05, 4.69) is 4.98 Å². The first-order valence-corrected chi connectivity index (χ1v) is 4.98. The highest BCUT2D eigenvalue weighted by atomic mass is 19.2. The molecule has 1 heterocycles. The molecule has 0 spiro atoms. The van der Waals surface area contributed by atoms with Crippen LogP contribution in [0, 0.1) is 17.7 Å². The molecule has 5 heteroatoms. The molecule has 0 aliphatic rings. The second kappa shape index (κ2) is 4.31. The van der Waals surface area contributed by atoms with Gasteiger partial charge in [0, 0.05) is 0 Å². The highest BCUT2D eigenvalue weighted by Crippen LogP contribution is 2.29. The van der Waals surface area contributed by atoms with Gasteiger partial charge in [0.15, 0.2) is 5.75 Å². The third-order valence-electron chi connectivity index (χ3n) is 1.86. The van der Waals surface area contributed by atoms with Crippen LogP contribution in [0.15, 0.2) is 0 Å². The molecular weight excluding hydrogens is 219 g/mol. The molecule has 0 fully saturated rings. The number of hydrogen-bond acceptors (Lipinski definition) is 2. The lowest BCUT2D eigenvalue weighted by atomic mass is 10.1. The standard InChI is InChI=1S/C11H14F3NO/c1-5-6-8(16-11(2,3)4)7(12)10(14)15-9(6)13/h5H2,1-4H3. The van der Waals surface area contributed by atoms with Crippen molar-refractivity contribution in [3.05, 3.63) is 23.3 Å². The van der Waals surface area contributed by atoms with E-state index in [1.807, 2.05) is 0 Å². The molecule has 1 aromatic heterocycles. The Balaban J connectivity index is 3.33. The minimum absolute atomic E-state index is 0.0474. The second-order valence-corrected chi connectivity index (χ2v) is 4.38. The molecule has 0 unspecified atom stereocenters. The molecule has 16 heavy (non-hydrogen) atoms. The van der Waals surface area contributed by atoms with Gasteiger partial charge in [-0.05, 0) is 27.2 Å². The average molecular weight is 233 g/mol. The molecule has 1 rings (SSSR count). The second-order valence-electron chi connectivity index (χ2n) is 4.38. The van der Waals surface area contributed by atoms with Gasteiger partial charge in [-0.1, -0.05) is 6.92 Å². The minimum atomic E-state index is -1.48. The summed E-state index contributed by atoms with van der Waals surface area (Å²) in [5, 5.41) is 0. The van der Waals surface area contributed by atoms with Crippen molar-refractivity contribution in [1.29, 1.82) is 0 Å². The first kappa shape index (κ1) is 12.8. The molecule has 0 aromatic carbocycles. The Labute approximate surface area is 92.5 Å². The van der Waals surface area contributed by atoms with Crippen LogP contribution in [0.25, 0.3) is 0 Å². The van der Waals surface area contributed by atoms with Gasteiger partial charge >= 0.3 is 0 Å². The SMILES string of the molecule is CCc1c(F)nc(F)c(F)c1OC(C)(C)C. The number of rotatable bonds is 2. The Kier molecular flexibility index (Phi) is 3.45. The quantitative estimate of drug-likeness (QED) is 0.731. The molecule has 90 valence electrons. The summed E-state index contributed by atoms with van der Waals surface area (Å²) in [5.74, 6) is -4.14. The van der Waals surface area contributed by atoms with E-state index in [0.717, 1.165) is 0 Å². The minimum Gasteiger partial charge on any atom is -0.484 e. The fraction of sp³-hybridized carbons (Fsp3) is 0.545. The number of halogens is 3. The zero-order valence-corrected chi connectivity index (χ0v) is 9.70. The van der Waals surface area contributed by atoms with E-state index < -0.39 is 23.3 Å². The average Bonchev–Trinajstić information content (AvgIpc) is 2.12. The number of pyridine rings is 1. The van der Waals surface area contributed by atoms with E-state index in [0.29, 0.717) is 0 Å². The fourth-order valence-corrected chi connectivity index (χ4v) is 1.24. The lowest BCUT2D eigenvalue weighted by molar-refractivity contribution is 0.119. The van der Waals surface area contributed by atoms with Crippen molar-refractivity contribution in [1.82, 2.24) is 4.98 Å². The zero-order valence-electron chi connectivity index (χ0n) is 9.70. The van der Waals surface area contributed by atoms with Crippen LogP contribution >= 0.6 is 0 Å². The number of hydrogen-bond donors (Lipinski definition) is 0. The molecule has 0 aliphatic heterocycles. The maximum absolute atomic E-state index is 13.4. The summed E-state index contributed by atoms with van der Waals surface area (Å²) in [7, 11) is 0. The van der Waals surface area contributed by atoms with Crippen molar-refractivity contribution in [2.75, 3.05) is 0 Å². The Bertz CT molecular complexity index is 399. The normalized spacial score (nSPS) is 11.7. The number of ether oxygens (including phenoxy) is 1. The molecule has 0 amide bonds. The zero-order chi connectivity index (χ0) is 12.5. The Morgan fingerprint density at radius 1 is 1.12 bits per heavy atom. The third kappa shape index (κ3) is 2.65. The summed E-state index contributed by atoms with van der Waals surface area (Å²) in [6, 6.07) is 0. The lowest BCUT2D eigenvalue weighted by Crippen LogP contribution is -2.25. The maximum Gasteiger partial charge on any atom is 0.255 e. The van der Waals surface area contributed by atoms with Crippen molar-refractivity contribution < 1.29 is 17.9 Å². The third-order valence-corrected chi connectivity index (χ3v) is 1.86. The van der Waals surface area contributed by atoms with E-state index in [-0.39, 0.29) is 17.7 Å². The Morgan fingerprint density at radius 3 is 2.12 bits per heavy atom. The van der Waals surface area contributed by atoms with Crippen molar-refractivity contribution >= 4 is 0 Å². The summed E-state index contributed by atoms with van der Waals surface area (Å²) in [6.45, 7) is 6.62. The fourth-order valence-electron chi connectivity index (χ4n) is 1.24. The van der Waals surface area contributed by atoms with Crippen LogP contribution in [0.3, 0.4) is 0 Å². The van der Waals surface area contributed by atoms with Gasteiger partial charge in [-0.2, -0.15) is 18.2 Å². The van der Waals surface area contributed by atoms with Crippen LogP contribution < -0.4 is 4.74 Å².